The summed E-state index contributed by atoms with van der Waals surface area (Å²) in [5, 5.41) is 3.58. The molecule has 0 saturated carbocycles. The van der Waals surface area contributed by atoms with Crippen molar-refractivity contribution in [3.63, 3.8) is 0 Å². The molecule has 43 heavy (non-hydrogen) atoms. The van der Waals surface area contributed by atoms with Gasteiger partial charge in [0.05, 0.1) is 35.9 Å². The predicted octanol–water partition coefficient (Wildman–Crippen LogP) is 4.74. The van der Waals surface area contributed by atoms with Crippen molar-refractivity contribution < 1.29 is 14.0 Å². The number of nitrogens with one attached hydrogen (secondary N) is 1. The van der Waals surface area contributed by atoms with Crippen molar-refractivity contribution in [2.24, 2.45) is 7.05 Å². The quantitative estimate of drug-likeness (QED) is 0.327. The number of nitrogens with zero attached hydrogens (tertiary/aromatic N) is 6. The third-order valence-electron chi connectivity index (χ3n) is 8.50. The topological polar surface area (TPSA) is 99.7 Å². The normalized spacial score (nSPS) is 14.7. The van der Waals surface area contributed by atoms with Crippen molar-refractivity contribution >= 4 is 29.1 Å². The zero-order valence-electron chi connectivity index (χ0n) is 25.2. The van der Waals surface area contributed by atoms with Crippen molar-refractivity contribution in [2.45, 2.75) is 39.9 Å². The van der Waals surface area contributed by atoms with Crippen molar-refractivity contribution in [1.29, 1.82) is 0 Å². The molecular formula is C32H36ClN7O3. The third-order valence-corrected chi connectivity index (χ3v) is 8.91. The Morgan fingerprint density at radius 3 is 2.53 bits per heavy atom. The van der Waals surface area contributed by atoms with E-state index in [0.717, 1.165) is 59.8 Å². The van der Waals surface area contributed by atoms with Crippen LogP contribution in [0.4, 0.5) is 5.69 Å². The Hall–Kier alpha value is -3.99. The maximum atomic E-state index is 13.4. The molecule has 4 aromatic rings. The number of amides is 2. The van der Waals surface area contributed by atoms with E-state index in [1.165, 1.54) is 0 Å². The molecular weight excluding hydrogens is 566 g/mol. The van der Waals surface area contributed by atoms with Gasteiger partial charge < -0.3 is 24.1 Å². The molecule has 2 aromatic heterocycles. The first kappa shape index (κ1) is 29.1. The van der Waals surface area contributed by atoms with E-state index in [1.807, 2.05) is 73.8 Å². The first-order chi connectivity index (χ1) is 20.6. The molecule has 0 atom stereocenters. The molecule has 11 heteroatoms. The molecule has 0 aliphatic carbocycles. The van der Waals surface area contributed by atoms with E-state index in [1.54, 1.807) is 4.90 Å². The lowest BCUT2D eigenvalue weighted by Gasteiger charge is -2.21. The number of aromatic nitrogens is 3. The Bertz CT molecular complexity index is 1700. The van der Waals surface area contributed by atoms with Crippen LogP contribution in [-0.2, 0) is 37.9 Å². The van der Waals surface area contributed by atoms with Crippen LogP contribution in [0.2, 0.25) is 5.02 Å². The van der Waals surface area contributed by atoms with E-state index >= 15 is 0 Å². The Balaban J connectivity index is 1.23. The Labute approximate surface area is 256 Å². The van der Waals surface area contributed by atoms with Crippen LogP contribution >= 0.6 is 11.6 Å². The molecule has 0 fully saturated rings. The molecule has 224 valence electrons. The van der Waals surface area contributed by atoms with Gasteiger partial charge in [-0.2, -0.15) is 0 Å². The van der Waals surface area contributed by atoms with Crippen molar-refractivity contribution in [3.05, 3.63) is 75.7 Å². The number of benzene rings is 2. The standard InChI is InChI=1S/C32H36ClN7O3/c1-6-37(3)18-28(41)40-16-25-27(17-40)43-32(36-25)22-11-7-10-21(29(22)33)20-9-8-12-23(19(20)2)35-31(42)30-34-24-15-38(4)14-13-26(24)39(30)5/h7-12H,6,13-18H2,1-5H3,(H,35,42). The number of carbonyl (C=O) groups excluding carboxylic acids is 2. The third kappa shape index (κ3) is 5.46. The summed E-state index contributed by atoms with van der Waals surface area (Å²) >= 11 is 6.99. The van der Waals surface area contributed by atoms with Crippen LogP contribution < -0.4 is 5.32 Å². The molecule has 0 saturated heterocycles. The summed E-state index contributed by atoms with van der Waals surface area (Å²) < 4.78 is 8.04. The van der Waals surface area contributed by atoms with Crippen molar-refractivity contribution in [3.8, 4) is 22.6 Å². The minimum atomic E-state index is -0.247. The van der Waals surface area contributed by atoms with Crippen molar-refractivity contribution in [1.82, 2.24) is 29.2 Å². The van der Waals surface area contributed by atoms with E-state index in [9.17, 15) is 9.59 Å². The summed E-state index contributed by atoms with van der Waals surface area (Å²) in [7, 11) is 5.89. The Morgan fingerprint density at radius 2 is 1.77 bits per heavy atom. The largest absolute Gasteiger partial charge is 0.439 e. The second-order valence-electron chi connectivity index (χ2n) is 11.4. The van der Waals surface area contributed by atoms with E-state index < -0.39 is 0 Å². The zero-order valence-corrected chi connectivity index (χ0v) is 26.0. The van der Waals surface area contributed by atoms with E-state index in [4.69, 9.17) is 21.0 Å². The molecule has 6 rings (SSSR count). The maximum absolute atomic E-state index is 13.4. The lowest BCUT2D eigenvalue weighted by Crippen LogP contribution is -2.35. The number of oxazole rings is 1. The first-order valence-corrected chi connectivity index (χ1v) is 14.9. The molecule has 4 heterocycles. The zero-order chi connectivity index (χ0) is 30.4. The van der Waals surface area contributed by atoms with Crippen LogP contribution in [0, 0.1) is 6.92 Å². The summed E-state index contributed by atoms with van der Waals surface area (Å²) in [5.41, 5.74) is 6.77. The van der Waals surface area contributed by atoms with Gasteiger partial charge >= 0.3 is 0 Å². The SMILES string of the molecule is CCN(C)CC(=O)N1Cc2nc(-c3cccc(-c4cccc(NC(=O)c5nc6c(n5C)CCN(C)C6)c4C)c3Cl)oc2C1. The number of anilines is 1. The number of halogens is 1. The number of fused-ring (bicyclic) bond motifs is 2. The van der Waals surface area contributed by atoms with Crippen LogP contribution in [-0.4, -0.2) is 74.8 Å². The average Bonchev–Trinajstić information content (AvgIpc) is 3.66. The van der Waals surface area contributed by atoms with E-state index in [0.29, 0.717) is 53.4 Å². The molecule has 0 unspecified atom stereocenters. The lowest BCUT2D eigenvalue weighted by molar-refractivity contribution is -0.132. The van der Waals surface area contributed by atoms with E-state index in [-0.39, 0.29) is 11.8 Å². The molecule has 2 aliphatic heterocycles. The Kier molecular flexibility index (Phi) is 7.85. The highest BCUT2D eigenvalue weighted by Gasteiger charge is 2.30. The summed E-state index contributed by atoms with van der Waals surface area (Å²) in [6.07, 6.45) is 0.867. The molecule has 0 spiro atoms. The van der Waals surface area contributed by atoms with Gasteiger partial charge in [-0.1, -0.05) is 42.8 Å². The first-order valence-electron chi connectivity index (χ1n) is 14.5. The summed E-state index contributed by atoms with van der Waals surface area (Å²) in [5.74, 6) is 1.33. The second kappa shape index (κ2) is 11.6. The summed E-state index contributed by atoms with van der Waals surface area (Å²) in [6.45, 7) is 7.65. The highest BCUT2D eigenvalue weighted by Crippen LogP contribution is 2.40. The molecule has 0 bridgehead atoms. The maximum Gasteiger partial charge on any atom is 0.291 e. The highest BCUT2D eigenvalue weighted by atomic mass is 35.5. The van der Waals surface area contributed by atoms with Gasteiger partial charge in [0, 0.05) is 43.5 Å². The van der Waals surface area contributed by atoms with Crippen LogP contribution in [0.1, 0.15) is 45.9 Å². The number of likely N-dealkylation sites (N-methyl/N-ethyl adjacent to an activating group) is 2. The van der Waals surface area contributed by atoms with Gasteiger partial charge in [0.25, 0.3) is 5.91 Å². The molecule has 2 aliphatic rings. The van der Waals surface area contributed by atoms with Gasteiger partial charge in [-0.15, -0.1) is 0 Å². The minimum Gasteiger partial charge on any atom is -0.439 e. The van der Waals surface area contributed by atoms with Gasteiger partial charge in [0.15, 0.2) is 5.82 Å². The van der Waals surface area contributed by atoms with Crippen LogP contribution in [0.15, 0.2) is 40.8 Å². The van der Waals surface area contributed by atoms with Crippen LogP contribution in [0.3, 0.4) is 0 Å². The lowest BCUT2D eigenvalue weighted by atomic mass is 9.97. The molecule has 1 N–H and O–H groups in total. The van der Waals surface area contributed by atoms with Gasteiger partial charge in [0.2, 0.25) is 11.8 Å². The number of imidazole rings is 1. The second-order valence-corrected chi connectivity index (χ2v) is 11.8. The number of hydrogen-bond acceptors (Lipinski definition) is 7. The van der Waals surface area contributed by atoms with Gasteiger partial charge in [0.1, 0.15) is 11.5 Å². The van der Waals surface area contributed by atoms with Crippen molar-refractivity contribution in [2.75, 3.05) is 39.0 Å². The Morgan fingerprint density at radius 1 is 1.02 bits per heavy atom. The highest BCUT2D eigenvalue weighted by molar-refractivity contribution is 6.36. The minimum absolute atomic E-state index is 0.0525. The van der Waals surface area contributed by atoms with Crippen LogP contribution in [0.5, 0.6) is 0 Å². The smallest absolute Gasteiger partial charge is 0.291 e. The summed E-state index contributed by atoms with van der Waals surface area (Å²) in [6, 6.07) is 11.5. The fourth-order valence-corrected chi connectivity index (χ4v) is 6.09. The molecule has 2 amide bonds. The fourth-order valence-electron chi connectivity index (χ4n) is 5.78. The number of rotatable bonds is 7. The molecule has 10 nitrogen and oxygen atoms in total. The molecule has 0 radical (unpaired) electrons. The van der Waals surface area contributed by atoms with Gasteiger partial charge in [-0.05, 0) is 50.8 Å². The number of hydrogen-bond donors (Lipinski definition) is 1. The van der Waals surface area contributed by atoms with Crippen LogP contribution in [0.25, 0.3) is 22.6 Å². The average molecular weight is 602 g/mol. The molecule has 2 aromatic carbocycles. The summed E-state index contributed by atoms with van der Waals surface area (Å²) in [4.78, 5) is 41.3. The van der Waals surface area contributed by atoms with Gasteiger partial charge in [-0.3, -0.25) is 14.5 Å². The predicted molar refractivity (Wildman–Crippen MR) is 166 cm³/mol. The monoisotopic (exact) mass is 601 g/mol. The van der Waals surface area contributed by atoms with E-state index in [2.05, 4.69) is 22.2 Å². The number of carbonyl (C=O) groups is 2. The fraction of sp³-hybridized carbons (Fsp3) is 0.375. The van der Waals surface area contributed by atoms with Gasteiger partial charge in [-0.25, -0.2) is 9.97 Å².